The molecule has 0 aliphatic carbocycles. The number of hydrogen-bond donors (Lipinski definition) is 0. The third-order valence-electron chi connectivity index (χ3n) is 9.40. The molecule has 0 bridgehead atoms. The van der Waals surface area contributed by atoms with Crippen LogP contribution in [0.1, 0.15) is 5.56 Å². The van der Waals surface area contributed by atoms with Crippen LogP contribution in [0.2, 0.25) is 0 Å². The summed E-state index contributed by atoms with van der Waals surface area (Å²) in [5.74, 6) is 2.24. The number of pyridine rings is 2. The van der Waals surface area contributed by atoms with Gasteiger partial charge in [0.05, 0.1) is 46.0 Å². The number of benzene rings is 4. The van der Waals surface area contributed by atoms with Crippen molar-refractivity contribution in [2.45, 2.75) is 6.54 Å². The fourth-order valence-corrected chi connectivity index (χ4v) is 7.10. The van der Waals surface area contributed by atoms with E-state index in [1.165, 1.54) is 11.1 Å². The standard InChI is InChI=1S/C43H28N8/c1-2-14-29-28(13-1)27-50(37-20-6-3-15-30(29)37)40-26-41(51-38-21-7-4-16-31(38)32-17-5-8-22-39(32)51)49-43(48-40)42-46-35(33-18-9-11-23-44-33)25-36(47-42)34-19-10-12-24-45-34/h1-26H,27H2. The minimum absolute atomic E-state index is 0.383. The number of fused-ring (bicyclic) bond motifs is 6. The largest absolute Gasteiger partial charge is 0.321 e. The molecule has 0 fully saturated rings. The molecule has 0 unspecified atom stereocenters. The first-order valence-electron chi connectivity index (χ1n) is 16.8. The second-order valence-corrected chi connectivity index (χ2v) is 12.4. The maximum absolute atomic E-state index is 5.27. The Hall–Kier alpha value is -7.06. The van der Waals surface area contributed by atoms with E-state index < -0.39 is 0 Å². The molecule has 0 atom stereocenters. The summed E-state index contributed by atoms with van der Waals surface area (Å²) in [6, 6.07) is 49.5. The Labute approximate surface area is 293 Å². The van der Waals surface area contributed by atoms with Gasteiger partial charge in [-0.25, -0.2) is 19.9 Å². The van der Waals surface area contributed by atoms with Crippen LogP contribution < -0.4 is 4.90 Å². The van der Waals surface area contributed by atoms with E-state index in [1.54, 1.807) is 12.4 Å². The normalized spacial score (nSPS) is 12.2. The molecule has 51 heavy (non-hydrogen) atoms. The lowest BCUT2D eigenvalue weighted by molar-refractivity contribution is 0.915. The molecule has 4 aromatic carbocycles. The van der Waals surface area contributed by atoms with Crippen LogP contribution >= 0.6 is 0 Å². The van der Waals surface area contributed by atoms with Gasteiger partial charge in [-0.1, -0.05) is 91.0 Å². The molecule has 10 rings (SSSR count). The molecule has 5 aromatic heterocycles. The molecule has 1 aliphatic heterocycles. The van der Waals surface area contributed by atoms with Crippen molar-refractivity contribution in [2.75, 3.05) is 4.90 Å². The van der Waals surface area contributed by atoms with Gasteiger partial charge in [0.1, 0.15) is 11.6 Å². The van der Waals surface area contributed by atoms with Gasteiger partial charge in [0.2, 0.25) is 5.82 Å². The third-order valence-corrected chi connectivity index (χ3v) is 9.40. The van der Waals surface area contributed by atoms with Crippen LogP contribution in [0.15, 0.2) is 158 Å². The summed E-state index contributed by atoms with van der Waals surface area (Å²) in [5.41, 5.74) is 9.55. The summed E-state index contributed by atoms with van der Waals surface area (Å²) < 4.78 is 2.21. The predicted octanol–water partition coefficient (Wildman–Crippen LogP) is 9.47. The summed E-state index contributed by atoms with van der Waals surface area (Å²) in [6.07, 6.45) is 3.53. The Kier molecular flexibility index (Phi) is 6.70. The van der Waals surface area contributed by atoms with Gasteiger partial charge >= 0.3 is 0 Å². The minimum atomic E-state index is 0.383. The van der Waals surface area contributed by atoms with E-state index in [1.807, 2.05) is 42.5 Å². The van der Waals surface area contributed by atoms with E-state index in [0.717, 1.165) is 56.1 Å². The van der Waals surface area contributed by atoms with Crippen molar-refractivity contribution >= 4 is 33.3 Å². The number of rotatable bonds is 5. The first-order chi connectivity index (χ1) is 25.3. The van der Waals surface area contributed by atoms with Gasteiger partial charge in [0.15, 0.2) is 5.82 Å². The number of hydrogen-bond acceptors (Lipinski definition) is 7. The van der Waals surface area contributed by atoms with Crippen LogP contribution in [0.3, 0.4) is 0 Å². The van der Waals surface area contributed by atoms with E-state index in [2.05, 4.69) is 123 Å². The highest BCUT2D eigenvalue weighted by Gasteiger charge is 2.26. The van der Waals surface area contributed by atoms with Crippen LogP contribution in [0.25, 0.3) is 73.2 Å². The van der Waals surface area contributed by atoms with Gasteiger partial charge in [0, 0.05) is 34.8 Å². The summed E-state index contributed by atoms with van der Waals surface area (Å²) >= 11 is 0. The van der Waals surface area contributed by atoms with Crippen molar-refractivity contribution in [1.82, 2.24) is 34.5 Å². The lowest BCUT2D eigenvalue weighted by atomic mass is 9.93. The zero-order chi connectivity index (χ0) is 33.7. The van der Waals surface area contributed by atoms with Crippen LogP contribution in [0.4, 0.5) is 11.5 Å². The maximum Gasteiger partial charge on any atom is 0.201 e. The number of anilines is 2. The quantitative estimate of drug-likeness (QED) is 0.182. The lowest BCUT2D eigenvalue weighted by Gasteiger charge is -2.32. The minimum Gasteiger partial charge on any atom is -0.321 e. The van der Waals surface area contributed by atoms with Crippen LogP contribution in [0, 0.1) is 0 Å². The Morgan fingerprint density at radius 1 is 0.431 bits per heavy atom. The fourth-order valence-electron chi connectivity index (χ4n) is 7.10. The highest BCUT2D eigenvalue weighted by Crippen LogP contribution is 2.43. The molecular weight excluding hydrogens is 629 g/mol. The molecule has 8 nitrogen and oxygen atoms in total. The first kappa shape index (κ1) is 28.9. The average Bonchev–Trinajstić information content (AvgIpc) is 3.55. The molecule has 0 radical (unpaired) electrons. The van der Waals surface area contributed by atoms with Crippen molar-refractivity contribution < 1.29 is 0 Å². The summed E-state index contributed by atoms with van der Waals surface area (Å²) in [4.78, 5) is 32.2. The topological polar surface area (TPSA) is 85.5 Å². The summed E-state index contributed by atoms with van der Waals surface area (Å²) in [6.45, 7) is 0.643. The van der Waals surface area contributed by atoms with Crippen LogP contribution in [0.5, 0.6) is 0 Å². The average molecular weight is 657 g/mol. The maximum atomic E-state index is 5.27. The smallest absolute Gasteiger partial charge is 0.201 e. The Morgan fingerprint density at radius 2 is 0.980 bits per heavy atom. The van der Waals surface area contributed by atoms with Crippen molar-refractivity contribution in [3.63, 3.8) is 0 Å². The monoisotopic (exact) mass is 656 g/mol. The van der Waals surface area contributed by atoms with E-state index in [9.17, 15) is 0 Å². The second kappa shape index (κ2) is 11.8. The van der Waals surface area contributed by atoms with Gasteiger partial charge in [-0.3, -0.25) is 14.5 Å². The summed E-state index contributed by atoms with van der Waals surface area (Å²) in [5, 5.41) is 2.30. The first-order valence-corrected chi connectivity index (χ1v) is 16.8. The van der Waals surface area contributed by atoms with E-state index in [4.69, 9.17) is 19.9 Å². The van der Waals surface area contributed by atoms with Gasteiger partial charge in [0.25, 0.3) is 0 Å². The number of aromatic nitrogens is 7. The SMILES string of the molecule is c1ccc(-c2cc(-c3ccccn3)nc(-c3nc(N4Cc5ccccc5-c5ccccc54)cc(-n4c5ccccc5c5ccccc54)n3)n2)nc1. The van der Waals surface area contributed by atoms with Gasteiger partial charge in [-0.05, 0) is 59.7 Å². The molecule has 9 aromatic rings. The number of nitrogens with zero attached hydrogens (tertiary/aromatic N) is 8. The Morgan fingerprint density at radius 3 is 1.65 bits per heavy atom. The zero-order valence-corrected chi connectivity index (χ0v) is 27.3. The molecular formula is C43H28N8. The third kappa shape index (κ3) is 4.92. The Balaban J connectivity index is 1.26. The molecule has 0 spiro atoms. The lowest BCUT2D eigenvalue weighted by Crippen LogP contribution is -2.23. The molecule has 0 N–H and O–H groups in total. The van der Waals surface area contributed by atoms with Crippen molar-refractivity contribution in [1.29, 1.82) is 0 Å². The molecule has 0 amide bonds. The highest BCUT2D eigenvalue weighted by atomic mass is 15.2. The van der Waals surface area contributed by atoms with Gasteiger partial charge in [-0.2, -0.15) is 0 Å². The molecule has 0 saturated heterocycles. The van der Waals surface area contributed by atoms with Crippen molar-refractivity contribution in [3.8, 4) is 51.4 Å². The van der Waals surface area contributed by atoms with Crippen LogP contribution in [-0.2, 0) is 6.54 Å². The zero-order valence-electron chi connectivity index (χ0n) is 27.3. The molecule has 1 aliphatic rings. The van der Waals surface area contributed by atoms with Gasteiger partial charge in [-0.15, -0.1) is 0 Å². The van der Waals surface area contributed by atoms with Crippen molar-refractivity contribution in [3.05, 3.63) is 164 Å². The van der Waals surface area contributed by atoms with Crippen LogP contribution in [-0.4, -0.2) is 34.5 Å². The Bertz CT molecular complexity index is 2630. The van der Waals surface area contributed by atoms with E-state index in [-0.39, 0.29) is 0 Å². The molecule has 0 saturated carbocycles. The highest BCUT2D eigenvalue weighted by molar-refractivity contribution is 6.09. The molecule has 240 valence electrons. The van der Waals surface area contributed by atoms with E-state index in [0.29, 0.717) is 29.6 Å². The fraction of sp³-hybridized carbons (Fsp3) is 0.0233. The number of para-hydroxylation sites is 3. The molecule has 8 heteroatoms. The van der Waals surface area contributed by atoms with Gasteiger partial charge < -0.3 is 4.90 Å². The summed E-state index contributed by atoms with van der Waals surface area (Å²) in [7, 11) is 0. The van der Waals surface area contributed by atoms with E-state index >= 15 is 0 Å². The predicted molar refractivity (Wildman–Crippen MR) is 202 cm³/mol. The second-order valence-electron chi connectivity index (χ2n) is 12.4. The molecule has 6 heterocycles. The van der Waals surface area contributed by atoms with Crippen molar-refractivity contribution in [2.24, 2.45) is 0 Å².